The Morgan fingerprint density at radius 3 is 2.52 bits per heavy atom. The standard InChI is InChI=1S/C26H29NO4S2/c1-5-13-27-25(28)24(33-26(27)32)17-19-7-12-22(23(16-19)29-4)31-15-14-30-21-10-8-20(9-11-21)18(3)6-2/h5,7-12,16-18H,1,6,13-15H2,2-4H3. The van der Waals surface area contributed by atoms with E-state index < -0.39 is 0 Å². The Morgan fingerprint density at radius 2 is 1.85 bits per heavy atom. The lowest BCUT2D eigenvalue weighted by molar-refractivity contribution is -0.121. The van der Waals surface area contributed by atoms with Crippen LogP contribution in [0.2, 0.25) is 0 Å². The Kier molecular flexibility index (Phi) is 8.97. The van der Waals surface area contributed by atoms with E-state index in [0.29, 0.717) is 46.4 Å². The van der Waals surface area contributed by atoms with Crippen molar-refractivity contribution in [2.24, 2.45) is 0 Å². The zero-order valence-corrected chi connectivity index (χ0v) is 20.8. The number of thioether (sulfide) groups is 1. The average Bonchev–Trinajstić information content (AvgIpc) is 3.09. The summed E-state index contributed by atoms with van der Waals surface area (Å²) in [6, 6.07) is 13.8. The van der Waals surface area contributed by atoms with E-state index >= 15 is 0 Å². The second kappa shape index (κ2) is 11.9. The monoisotopic (exact) mass is 483 g/mol. The Labute approximate surface area is 205 Å². The zero-order valence-electron chi connectivity index (χ0n) is 19.2. The van der Waals surface area contributed by atoms with Crippen LogP contribution in [0.25, 0.3) is 6.08 Å². The smallest absolute Gasteiger partial charge is 0.266 e. The summed E-state index contributed by atoms with van der Waals surface area (Å²) in [5.41, 5.74) is 2.14. The van der Waals surface area contributed by atoms with Gasteiger partial charge >= 0.3 is 0 Å². The van der Waals surface area contributed by atoms with Crippen LogP contribution in [-0.2, 0) is 4.79 Å². The topological polar surface area (TPSA) is 48.0 Å². The van der Waals surface area contributed by atoms with E-state index in [1.165, 1.54) is 22.2 Å². The third kappa shape index (κ3) is 6.39. The lowest BCUT2D eigenvalue weighted by Crippen LogP contribution is -2.27. The molecule has 0 aliphatic carbocycles. The van der Waals surface area contributed by atoms with Crippen molar-refractivity contribution in [2.75, 3.05) is 26.9 Å². The first-order valence-electron chi connectivity index (χ1n) is 10.9. The van der Waals surface area contributed by atoms with Crippen molar-refractivity contribution < 1.29 is 19.0 Å². The number of hydrogen-bond donors (Lipinski definition) is 0. The molecule has 1 aliphatic rings. The van der Waals surface area contributed by atoms with Gasteiger partial charge in [-0.3, -0.25) is 9.69 Å². The average molecular weight is 484 g/mol. The minimum atomic E-state index is -0.112. The van der Waals surface area contributed by atoms with Gasteiger partial charge in [0.05, 0.1) is 12.0 Å². The zero-order chi connectivity index (χ0) is 23.8. The Balaban J connectivity index is 1.57. The number of methoxy groups -OCH3 is 1. The number of carbonyl (C=O) groups is 1. The lowest BCUT2D eigenvalue weighted by Gasteiger charge is -2.13. The molecule has 0 radical (unpaired) electrons. The van der Waals surface area contributed by atoms with Crippen molar-refractivity contribution in [3.63, 3.8) is 0 Å². The van der Waals surface area contributed by atoms with E-state index in [0.717, 1.165) is 17.7 Å². The summed E-state index contributed by atoms with van der Waals surface area (Å²) >= 11 is 6.57. The van der Waals surface area contributed by atoms with Crippen molar-refractivity contribution in [2.45, 2.75) is 26.2 Å². The Morgan fingerprint density at radius 1 is 1.12 bits per heavy atom. The maximum atomic E-state index is 12.5. The molecule has 0 N–H and O–H groups in total. The van der Waals surface area contributed by atoms with Crippen LogP contribution in [0.3, 0.4) is 0 Å². The second-order valence-corrected chi connectivity index (χ2v) is 9.24. The van der Waals surface area contributed by atoms with E-state index in [4.69, 9.17) is 26.4 Å². The van der Waals surface area contributed by atoms with Crippen molar-refractivity contribution in [3.05, 3.63) is 71.2 Å². The van der Waals surface area contributed by atoms with Crippen LogP contribution in [0, 0.1) is 0 Å². The molecule has 2 aromatic carbocycles. The number of hydrogen-bond acceptors (Lipinski definition) is 6. The van der Waals surface area contributed by atoms with Crippen molar-refractivity contribution in [1.82, 2.24) is 4.90 Å². The molecule has 0 aromatic heterocycles. The first-order valence-corrected chi connectivity index (χ1v) is 12.1. The SMILES string of the molecule is C=CCN1C(=O)C(=Cc2ccc(OCCOc3ccc(C(C)CC)cc3)c(OC)c2)SC1=S. The van der Waals surface area contributed by atoms with E-state index in [2.05, 4.69) is 32.6 Å². The number of nitrogens with zero attached hydrogens (tertiary/aromatic N) is 1. The molecule has 3 rings (SSSR count). The highest BCUT2D eigenvalue weighted by Gasteiger charge is 2.31. The predicted molar refractivity (Wildman–Crippen MR) is 139 cm³/mol. The third-order valence-electron chi connectivity index (χ3n) is 5.34. The molecule has 0 spiro atoms. The van der Waals surface area contributed by atoms with Crippen LogP contribution >= 0.6 is 24.0 Å². The fraction of sp³-hybridized carbons (Fsp3) is 0.308. The van der Waals surface area contributed by atoms with E-state index in [1.807, 2.05) is 30.3 Å². The summed E-state index contributed by atoms with van der Waals surface area (Å²) in [7, 11) is 1.59. The lowest BCUT2D eigenvalue weighted by atomic mass is 9.99. The molecular formula is C26H29NO4S2. The molecule has 1 unspecified atom stereocenters. The summed E-state index contributed by atoms with van der Waals surface area (Å²) in [5, 5.41) is 0. The quantitative estimate of drug-likeness (QED) is 0.168. The highest BCUT2D eigenvalue weighted by Crippen LogP contribution is 2.34. The minimum Gasteiger partial charge on any atom is -0.493 e. The number of amides is 1. The molecule has 5 nitrogen and oxygen atoms in total. The Hall–Kier alpha value is -2.77. The van der Waals surface area contributed by atoms with Gasteiger partial charge in [0.25, 0.3) is 5.91 Å². The van der Waals surface area contributed by atoms with Crippen molar-refractivity contribution in [3.8, 4) is 17.2 Å². The van der Waals surface area contributed by atoms with E-state index in [9.17, 15) is 4.79 Å². The molecule has 33 heavy (non-hydrogen) atoms. The number of ether oxygens (including phenoxy) is 3. The summed E-state index contributed by atoms with van der Waals surface area (Å²) in [5.74, 6) is 2.45. The number of rotatable bonds is 11. The fourth-order valence-electron chi connectivity index (χ4n) is 3.27. The van der Waals surface area contributed by atoms with Gasteiger partial charge in [-0.05, 0) is 53.8 Å². The molecule has 1 fully saturated rings. The van der Waals surface area contributed by atoms with Gasteiger partial charge in [-0.1, -0.05) is 62.1 Å². The predicted octanol–water partition coefficient (Wildman–Crippen LogP) is 6.05. The van der Waals surface area contributed by atoms with Crippen LogP contribution in [0.5, 0.6) is 17.2 Å². The van der Waals surface area contributed by atoms with Gasteiger partial charge in [0.15, 0.2) is 11.5 Å². The molecule has 0 saturated carbocycles. The largest absolute Gasteiger partial charge is 0.493 e. The van der Waals surface area contributed by atoms with Crippen LogP contribution in [-0.4, -0.2) is 42.0 Å². The molecule has 1 aliphatic heterocycles. The maximum Gasteiger partial charge on any atom is 0.266 e. The van der Waals surface area contributed by atoms with Gasteiger partial charge in [0, 0.05) is 6.54 Å². The van der Waals surface area contributed by atoms with E-state index in [1.54, 1.807) is 19.3 Å². The van der Waals surface area contributed by atoms with E-state index in [-0.39, 0.29) is 5.91 Å². The summed E-state index contributed by atoms with van der Waals surface area (Å²) < 4.78 is 17.7. The highest BCUT2D eigenvalue weighted by atomic mass is 32.2. The Bertz CT molecular complexity index is 1030. The number of carbonyl (C=O) groups excluding carboxylic acids is 1. The van der Waals surface area contributed by atoms with Crippen LogP contribution in [0.1, 0.15) is 37.3 Å². The molecule has 1 amide bonds. The molecule has 0 bridgehead atoms. The van der Waals surface area contributed by atoms with Gasteiger partial charge in [-0.15, -0.1) is 6.58 Å². The van der Waals surface area contributed by atoms with Crippen LogP contribution < -0.4 is 14.2 Å². The summed E-state index contributed by atoms with van der Waals surface area (Å²) in [6.45, 7) is 9.28. The summed E-state index contributed by atoms with van der Waals surface area (Å²) in [6.07, 6.45) is 4.58. The van der Waals surface area contributed by atoms with Gasteiger partial charge < -0.3 is 14.2 Å². The van der Waals surface area contributed by atoms with Crippen molar-refractivity contribution in [1.29, 1.82) is 0 Å². The highest BCUT2D eigenvalue weighted by molar-refractivity contribution is 8.26. The third-order valence-corrected chi connectivity index (χ3v) is 6.72. The normalized spacial score (nSPS) is 15.6. The minimum absolute atomic E-state index is 0.112. The first kappa shape index (κ1) is 24.9. The molecule has 174 valence electrons. The second-order valence-electron chi connectivity index (χ2n) is 7.57. The summed E-state index contributed by atoms with van der Waals surface area (Å²) in [4.78, 5) is 14.6. The molecule has 1 saturated heterocycles. The number of benzene rings is 2. The molecule has 1 heterocycles. The van der Waals surface area contributed by atoms with Crippen LogP contribution in [0.15, 0.2) is 60.0 Å². The van der Waals surface area contributed by atoms with Gasteiger partial charge in [0.1, 0.15) is 23.3 Å². The fourth-order valence-corrected chi connectivity index (χ4v) is 4.55. The first-order chi connectivity index (χ1) is 16.0. The van der Waals surface area contributed by atoms with Gasteiger partial charge in [-0.25, -0.2) is 0 Å². The molecule has 2 aromatic rings. The maximum absolute atomic E-state index is 12.5. The van der Waals surface area contributed by atoms with Gasteiger partial charge in [0.2, 0.25) is 0 Å². The number of thiocarbonyl (C=S) groups is 1. The molecular weight excluding hydrogens is 454 g/mol. The van der Waals surface area contributed by atoms with Gasteiger partial charge in [-0.2, -0.15) is 0 Å². The molecule has 1 atom stereocenters. The van der Waals surface area contributed by atoms with Crippen LogP contribution in [0.4, 0.5) is 0 Å². The molecule has 7 heteroatoms. The van der Waals surface area contributed by atoms with Crippen molar-refractivity contribution >= 4 is 40.3 Å².